The van der Waals surface area contributed by atoms with Crippen LogP contribution in [0, 0.1) is 0 Å². The lowest BCUT2D eigenvalue weighted by Crippen LogP contribution is -2.37. The van der Waals surface area contributed by atoms with E-state index in [1.807, 2.05) is 35.8 Å². The number of benzene rings is 2. The second-order valence-corrected chi connectivity index (χ2v) is 5.76. The van der Waals surface area contributed by atoms with E-state index in [0.29, 0.717) is 21.7 Å². The third kappa shape index (κ3) is 3.25. The molecule has 2 aromatic carbocycles. The van der Waals surface area contributed by atoms with Crippen LogP contribution < -0.4 is 15.2 Å². The number of fused-ring (bicyclic) bond motifs is 1. The molecule has 23 heavy (non-hydrogen) atoms. The van der Waals surface area contributed by atoms with Gasteiger partial charge in [0, 0.05) is 5.69 Å². The number of nitrogens with one attached hydrogen (secondary N) is 3. The fourth-order valence-corrected chi connectivity index (χ4v) is 2.70. The molecular weight excluding hydrogens is 335 g/mol. The van der Waals surface area contributed by atoms with Gasteiger partial charge >= 0.3 is 12.0 Å². The highest BCUT2D eigenvalue weighted by Crippen LogP contribution is 2.25. The second-order valence-electron chi connectivity index (χ2n) is 4.94. The van der Waals surface area contributed by atoms with Crippen LogP contribution in [0.15, 0.2) is 42.5 Å². The Balaban J connectivity index is 1.81. The van der Waals surface area contributed by atoms with E-state index < -0.39 is 0 Å². The number of nitrogens with zero attached hydrogens (tertiary/aromatic N) is 1. The predicted octanol–water partition coefficient (Wildman–Crippen LogP) is 4.43. The molecule has 0 fully saturated rings. The molecule has 3 aromatic rings. The number of imidazole rings is 1. The number of amides is 2. The Bertz CT molecular complexity index is 876. The minimum atomic E-state index is -0.364. The average Bonchev–Trinajstić information content (AvgIpc) is 2.87. The van der Waals surface area contributed by atoms with Crippen LogP contribution in [-0.4, -0.2) is 11.0 Å². The Morgan fingerprint density at radius 2 is 1.91 bits per heavy atom. The maximum absolute atomic E-state index is 12.2. The highest BCUT2D eigenvalue weighted by Gasteiger charge is 2.18. The van der Waals surface area contributed by atoms with Gasteiger partial charge in [-0.3, -0.25) is 5.32 Å². The van der Waals surface area contributed by atoms with Gasteiger partial charge < -0.3 is 0 Å². The van der Waals surface area contributed by atoms with E-state index in [0.717, 1.165) is 17.6 Å². The summed E-state index contributed by atoms with van der Waals surface area (Å²) in [6, 6.07) is 12.4. The lowest BCUT2D eigenvalue weighted by molar-refractivity contribution is -0.653. The zero-order valence-corrected chi connectivity index (χ0v) is 13.9. The molecule has 7 heteroatoms. The zero-order chi connectivity index (χ0) is 16.4. The summed E-state index contributed by atoms with van der Waals surface area (Å²) in [7, 11) is 0. The number of aromatic amines is 1. The average molecular weight is 350 g/mol. The topological polar surface area (TPSA) is 60.8 Å². The molecule has 0 bridgehead atoms. The molecule has 5 nitrogen and oxygen atoms in total. The third-order valence-electron chi connectivity index (χ3n) is 3.44. The maximum atomic E-state index is 12.2. The molecule has 0 aliphatic rings. The van der Waals surface area contributed by atoms with Crippen LogP contribution in [0.2, 0.25) is 10.0 Å². The first kappa shape index (κ1) is 15.6. The van der Waals surface area contributed by atoms with Crippen molar-refractivity contribution in [2.45, 2.75) is 13.5 Å². The standard InChI is InChI=1S/C16H14Cl2N4O/c1-2-22-14-6-4-3-5-13(14)20-15(22)21-16(23)19-10-7-8-11(17)12(18)9-10/h3-9H,2H2,1H3,(H2,19,20,21,23)/p+1. The van der Waals surface area contributed by atoms with Gasteiger partial charge in [-0.25, -0.2) is 14.3 Å². The second kappa shape index (κ2) is 6.48. The zero-order valence-electron chi connectivity index (χ0n) is 12.4. The molecule has 1 heterocycles. The Labute approximate surface area is 143 Å². The number of hydrogen-bond acceptors (Lipinski definition) is 1. The van der Waals surface area contributed by atoms with Crippen LogP contribution >= 0.6 is 23.2 Å². The first-order chi connectivity index (χ1) is 11.1. The number of para-hydroxylation sites is 2. The highest BCUT2D eigenvalue weighted by atomic mass is 35.5. The van der Waals surface area contributed by atoms with E-state index in [9.17, 15) is 4.79 Å². The van der Waals surface area contributed by atoms with Crippen LogP contribution in [0.3, 0.4) is 0 Å². The molecule has 1 aromatic heterocycles. The minimum Gasteiger partial charge on any atom is -0.295 e. The van der Waals surface area contributed by atoms with Gasteiger partial charge in [0.15, 0.2) is 0 Å². The van der Waals surface area contributed by atoms with Gasteiger partial charge in [-0.2, -0.15) is 5.32 Å². The summed E-state index contributed by atoms with van der Waals surface area (Å²) >= 11 is 11.8. The van der Waals surface area contributed by atoms with E-state index in [2.05, 4.69) is 15.6 Å². The quantitative estimate of drug-likeness (QED) is 0.602. The number of hydrogen-bond donors (Lipinski definition) is 3. The number of halogens is 2. The van der Waals surface area contributed by atoms with Gasteiger partial charge in [-0.05, 0) is 37.3 Å². The van der Waals surface area contributed by atoms with Gasteiger partial charge in [0.05, 0.1) is 16.6 Å². The van der Waals surface area contributed by atoms with E-state index in [1.54, 1.807) is 18.2 Å². The molecule has 0 aliphatic carbocycles. The molecule has 0 saturated heterocycles. The fourth-order valence-electron chi connectivity index (χ4n) is 2.40. The van der Waals surface area contributed by atoms with E-state index in [1.165, 1.54) is 0 Å². The van der Waals surface area contributed by atoms with Crippen molar-refractivity contribution in [2.24, 2.45) is 0 Å². The number of aromatic nitrogens is 2. The molecule has 0 radical (unpaired) electrons. The summed E-state index contributed by atoms with van der Waals surface area (Å²) in [5.74, 6) is 0.617. The van der Waals surface area contributed by atoms with Crippen molar-refractivity contribution in [3.63, 3.8) is 0 Å². The molecule has 0 spiro atoms. The predicted molar refractivity (Wildman–Crippen MR) is 93.3 cm³/mol. The van der Waals surface area contributed by atoms with Crippen molar-refractivity contribution in [3.8, 4) is 0 Å². The first-order valence-corrected chi connectivity index (χ1v) is 7.87. The van der Waals surface area contributed by atoms with Gasteiger partial charge in [0.1, 0.15) is 11.0 Å². The normalized spacial score (nSPS) is 10.7. The number of carbonyl (C=O) groups excluding carboxylic acids is 1. The molecule has 2 amide bonds. The van der Waals surface area contributed by atoms with Crippen LogP contribution in [0.25, 0.3) is 11.0 Å². The lowest BCUT2D eigenvalue weighted by atomic mass is 10.3. The summed E-state index contributed by atoms with van der Waals surface area (Å²) in [6.45, 7) is 2.74. The largest absolute Gasteiger partial charge is 0.384 e. The fraction of sp³-hybridized carbons (Fsp3) is 0.125. The molecule has 118 valence electrons. The number of H-pyrrole nitrogens is 1. The molecule has 3 rings (SSSR count). The molecule has 3 N–H and O–H groups in total. The van der Waals surface area contributed by atoms with Crippen molar-refractivity contribution in [1.82, 2.24) is 4.98 Å². The molecule has 0 atom stereocenters. The van der Waals surface area contributed by atoms with Crippen molar-refractivity contribution in [3.05, 3.63) is 52.5 Å². The summed E-state index contributed by atoms with van der Waals surface area (Å²) in [5.41, 5.74) is 2.55. The smallest absolute Gasteiger partial charge is 0.295 e. The molecule has 0 aliphatic heterocycles. The molecule has 0 saturated carbocycles. The van der Waals surface area contributed by atoms with Crippen LogP contribution in [0.4, 0.5) is 16.4 Å². The Hall–Kier alpha value is -2.24. The lowest BCUT2D eigenvalue weighted by Gasteiger charge is -2.05. The summed E-state index contributed by atoms with van der Waals surface area (Å²) in [5, 5.41) is 6.37. The van der Waals surface area contributed by atoms with Gasteiger partial charge in [-0.1, -0.05) is 35.3 Å². The van der Waals surface area contributed by atoms with Crippen molar-refractivity contribution in [2.75, 3.05) is 10.6 Å². The number of rotatable bonds is 3. The van der Waals surface area contributed by atoms with Gasteiger partial charge in [0.25, 0.3) is 0 Å². The van der Waals surface area contributed by atoms with Crippen molar-refractivity contribution in [1.29, 1.82) is 0 Å². The summed E-state index contributed by atoms with van der Waals surface area (Å²) in [6.07, 6.45) is 0. The SMILES string of the molecule is CC[n+]1c(NC(=O)Nc2ccc(Cl)c(Cl)c2)[nH]c2ccccc21. The van der Waals surface area contributed by atoms with Crippen molar-refractivity contribution >= 4 is 51.9 Å². The Morgan fingerprint density at radius 1 is 1.13 bits per heavy atom. The first-order valence-electron chi connectivity index (χ1n) is 7.12. The van der Waals surface area contributed by atoms with Gasteiger partial charge in [0.2, 0.25) is 0 Å². The van der Waals surface area contributed by atoms with Crippen LogP contribution in [0.5, 0.6) is 0 Å². The number of aryl methyl sites for hydroxylation is 1. The van der Waals surface area contributed by atoms with Crippen LogP contribution in [-0.2, 0) is 6.54 Å². The Morgan fingerprint density at radius 3 is 2.65 bits per heavy atom. The minimum absolute atomic E-state index is 0.364. The summed E-state index contributed by atoms with van der Waals surface area (Å²) < 4.78 is 1.99. The monoisotopic (exact) mass is 349 g/mol. The van der Waals surface area contributed by atoms with E-state index >= 15 is 0 Å². The van der Waals surface area contributed by atoms with Crippen LogP contribution in [0.1, 0.15) is 6.92 Å². The number of anilines is 2. The van der Waals surface area contributed by atoms with Gasteiger partial charge in [-0.15, -0.1) is 0 Å². The molecular formula is C16H15Cl2N4O+. The van der Waals surface area contributed by atoms with Crippen molar-refractivity contribution < 1.29 is 9.36 Å². The number of carbonyl (C=O) groups is 1. The van der Waals surface area contributed by atoms with E-state index in [-0.39, 0.29) is 6.03 Å². The third-order valence-corrected chi connectivity index (χ3v) is 4.18. The van der Waals surface area contributed by atoms with E-state index in [4.69, 9.17) is 23.2 Å². The summed E-state index contributed by atoms with van der Waals surface area (Å²) in [4.78, 5) is 15.4. The maximum Gasteiger partial charge on any atom is 0.384 e. The Kier molecular flexibility index (Phi) is 4.41. The molecule has 0 unspecified atom stereocenters. The number of urea groups is 1. The highest BCUT2D eigenvalue weighted by molar-refractivity contribution is 6.42.